The standard InChI is InChI=1S/C16H10BrFN2O3/c17-12-3-6-14(11(7-12)8-21)22-9-15-19-16(20-23-15)10-1-4-13(18)5-2-10/h1-8H,9H2. The van der Waals surface area contributed by atoms with Gasteiger partial charge in [0.25, 0.3) is 5.89 Å². The summed E-state index contributed by atoms with van der Waals surface area (Å²) in [4.78, 5) is 15.2. The van der Waals surface area contributed by atoms with E-state index in [1.807, 2.05) is 0 Å². The van der Waals surface area contributed by atoms with Crippen LogP contribution < -0.4 is 4.74 Å². The highest BCUT2D eigenvalue weighted by Crippen LogP contribution is 2.23. The number of benzene rings is 2. The lowest BCUT2D eigenvalue weighted by Gasteiger charge is -2.05. The van der Waals surface area contributed by atoms with Gasteiger partial charge in [0.15, 0.2) is 12.9 Å². The Morgan fingerprint density at radius 3 is 2.74 bits per heavy atom. The van der Waals surface area contributed by atoms with Gasteiger partial charge in [-0.25, -0.2) is 4.39 Å². The zero-order valence-corrected chi connectivity index (χ0v) is 13.3. The molecule has 0 fully saturated rings. The number of hydrogen-bond acceptors (Lipinski definition) is 5. The third-order valence-electron chi connectivity index (χ3n) is 3.02. The Morgan fingerprint density at radius 2 is 2.00 bits per heavy atom. The SMILES string of the molecule is O=Cc1cc(Br)ccc1OCc1nc(-c2ccc(F)cc2)no1. The minimum Gasteiger partial charge on any atom is -0.483 e. The molecule has 0 N–H and O–H groups in total. The van der Waals surface area contributed by atoms with Crippen LogP contribution >= 0.6 is 15.9 Å². The van der Waals surface area contributed by atoms with Crippen LogP contribution in [0.25, 0.3) is 11.4 Å². The van der Waals surface area contributed by atoms with Crippen LogP contribution in [0.2, 0.25) is 0 Å². The van der Waals surface area contributed by atoms with E-state index < -0.39 is 0 Å². The molecule has 5 nitrogen and oxygen atoms in total. The molecule has 0 saturated heterocycles. The number of rotatable bonds is 5. The van der Waals surface area contributed by atoms with Gasteiger partial charge in [0.05, 0.1) is 5.56 Å². The highest BCUT2D eigenvalue weighted by atomic mass is 79.9. The van der Waals surface area contributed by atoms with Gasteiger partial charge in [0.1, 0.15) is 11.6 Å². The molecule has 0 unspecified atom stereocenters. The normalized spacial score (nSPS) is 10.5. The van der Waals surface area contributed by atoms with Gasteiger partial charge in [-0.2, -0.15) is 4.98 Å². The maximum atomic E-state index is 12.9. The van der Waals surface area contributed by atoms with Crippen molar-refractivity contribution in [3.05, 3.63) is 64.2 Å². The van der Waals surface area contributed by atoms with Gasteiger partial charge in [-0.3, -0.25) is 4.79 Å². The van der Waals surface area contributed by atoms with Crippen LogP contribution in [0.15, 0.2) is 51.5 Å². The molecule has 2 aromatic carbocycles. The molecule has 1 aromatic heterocycles. The molecule has 0 radical (unpaired) electrons. The van der Waals surface area contributed by atoms with Crippen LogP contribution in [0.1, 0.15) is 16.2 Å². The summed E-state index contributed by atoms with van der Waals surface area (Å²) in [6, 6.07) is 10.8. The Bertz CT molecular complexity index is 834. The number of aromatic nitrogens is 2. The van der Waals surface area contributed by atoms with Gasteiger partial charge in [-0.1, -0.05) is 21.1 Å². The second-order valence-electron chi connectivity index (χ2n) is 4.61. The molecule has 0 atom stereocenters. The second kappa shape index (κ2) is 6.70. The van der Waals surface area contributed by atoms with Gasteiger partial charge >= 0.3 is 0 Å². The van der Waals surface area contributed by atoms with Gasteiger partial charge in [0, 0.05) is 10.0 Å². The molecule has 3 rings (SSSR count). The first-order valence-electron chi connectivity index (χ1n) is 6.62. The van der Waals surface area contributed by atoms with Crippen molar-refractivity contribution in [1.29, 1.82) is 0 Å². The summed E-state index contributed by atoms with van der Waals surface area (Å²) in [5.74, 6) is 0.682. The van der Waals surface area contributed by atoms with Crippen molar-refractivity contribution in [2.24, 2.45) is 0 Å². The molecule has 0 saturated carbocycles. The van der Waals surface area contributed by atoms with Crippen LogP contribution in [0.4, 0.5) is 4.39 Å². The van der Waals surface area contributed by atoms with E-state index in [1.54, 1.807) is 30.3 Å². The summed E-state index contributed by atoms with van der Waals surface area (Å²) in [5.41, 5.74) is 1.05. The largest absolute Gasteiger partial charge is 0.483 e. The topological polar surface area (TPSA) is 65.2 Å². The first-order valence-corrected chi connectivity index (χ1v) is 7.41. The predicted molar refractivity (Wildman–Crippen MR) is 83.6 cm³/mol. The molecule has 1 heterocycles. The number of carbonyl (C=O) groups is 1. The minimum absolute atomic E-state index is 0.0245. The smallest absolute Gasteiger partial charge is 0.264 e. The van der Waals surface area contributed by atoms with Crippen molar-refractivity contribution >= 4 is 22.2 Å². The fourth-order valence-corrected chi connectivity index (χ4v) is 2.29. The second-order valence-corrected chi connectivity index (χ2v) is 5.52. The van der Waals surface area contributed by atoms with E-state index in [0.29, 0.717) is 29.0 Å². The van der Waals surface area contributed by atoms with Crippen molar-refractivity contribution in [1.82, 2.24) is 10.1 Å². The van der Waals surface area contributed by atoms with E-state index >= 15 is 0 Å². The summed E-state index contributed by atoms with van der Waals surface area (Å²) in [6.45, 7) is 0.0245. The highest BCUT2D eigenvalue weighted by molar-refractivity contribution is 9.10. The lowest BCUT2D eigenvalue weighted by molar-refractivity contribution is 0.111. The number of carbonyl (C=O) groups excluding carboxylic acids is 1. The lowest BCUT2D eigenvalue weighted by Crippen LogP contribution is -1.98. The van der Waals surface area contributed by atoms with Crippen molar-refractivity contribution in [2.75, 3.05) is 0 Å². The van der Waals surface area contributed by atoms with Gasteiger partial charge < -0.3 is 9.26 Å². The molecular weight excluding hydrogens is 367 g/mol. The predicted octanol–water partition coefficient (Wildman–Crippen LogP) is 4.03. The summed E-state index contributed by atoms with van der Waals surface area (Å²) in [5, 5.41) is 3.82. The van der Waals surface area contributed by atoms with Crippen molar-refractivity contribution in [2.45, 2.75) is 6.61 Å². The third-order valence-corrected chi connectivity index (χ3v) is 3.51. The average Bonchev–Trinajstić information content (AvgIpc) is 3.03. The Morgan fingerprint density at radius 1 is 1.22 bits per heavy atom. The molecule has 7 heteroatoms. The maximum absolute atomic E-state index is 12.9. The molecule has 3 aromatic rings. The van der Waals surface area contributed by atoms with Crippen LogP contribution in [-0.4, -0.2) is 16.4 Å². The summed E-state index contributed by atoms with van der Waals surface area (Å²) < 4.78 is 24.3. The zero-order valence-electron chi connectivity index (χ0n) is 11.7. The van der Waals surface area contributed by atoms with Crippen molar-refractivity contribution in [3.63, 3.8) is 0 Å². The van der Waals surface area contributed by atoms with E-state index in [2.05, 4.69) is 26.1 Å². The van der Waals surface area contributed by atoms with E-state index in [9.17, 15) is 9.18 Å². The summed E-state index contributed by atoms with van der Waals surface area (Å²) in [7, 11) is 0. The molecular formula is C16H10BrFN2O3. The quantitative estimate of drug-likeness (QED) is 0.629. The van der Waals surface area contributed by atoms with Crippen LogP contribution in [0, 0.1) is 5.82 Å². The number of nitrogens with zero attached hydrogens (tertiary/aromatic N) is 2. The average molecular weight is 377 g/mol. The summed E-state index contributed by atoms with van der Waals surface area (Å²) in [6.07, 6.45) is 0.706. The van der Waals surface area contributed by atoms with Crippen molar-refractivity contribution < 1.29 is 18.4 Å². The van der Waals surface area contributed by atoms with Gasteiger partial charge in [-0.05, 0) is 42.5 Å². The number of halogens is 2. The Hall–Kier alpha value is -2.54. The lowest BCUT2D eigenvalue weighted by atomic mass is 10.2. The maximum Gasteiger partial charge on any atom is 0.264 e. The third kappa shape index (κ3) is 3.62. The first kappa shape index (κ1) is 15.4. The van der Waals surface area contributed by atoms with Crippen molar-refractivity contribution in [3.8, 4) is 17.1 Å². The highest BCUT2D eigenvalue weighted by Gasteiger charge is 2.11. The first-order chi connectivity index (χ1) is 11.2. The fraction of sp³-hybridized carbons (Fsp3) is 0.0625. The molecule has 116 valence electrons. The number of aldehydes is 1. The van der Waals surface area contributed by atoms with Crippen LogP contribution in [0.3, 0.4) is 0 Å². The minimum atomic E-state index is -0.336. The molecule has 0 aliphatic rings. The molecule has 0 aliphatic heterocycles. The van der Waals surface area contributed by atoms with E-state index in [1.165, 1.54) is 12.1 Å². The molecule has 0 spiro atoms. The van der Waals surface area contributed by atoms with Crippen LogP contribution in [0.5, 0.6) is 5.75 Å². The fourth-order valence-electron chi connectivity index (χ4n) is 1.91. The van der Waals surface area contributed by atoms with E-state index in [-0.39, 0.29) is 18.3 Å². The Kier molecular flexibility index (Phi) is 4.47. The molecule has 0 amide bonds. The zero-order chi connectivity index (χ0) is 16.2. The summed E-state index contributed by atoms with van der Waals surface area (Å²) >= 11 is 3.29. The molecule has 0 bridgehead atoms. The van der Waals surface area contributed by atoms with Gasteiger partial charge in [0.2, 0.25) is 5.82 Å². The van der Waals surface area contributed by atoms with E-state index in [4.69, 9.17) is 9.26 Å². The van der Waals surface area contributed by atoms with Gasteiger partial charge in [-0.15, -0.1) is 0 Å². The number of hydrogen-bond donors (Lipinski definition) is 0. The monoisotopic (exact) mass is 376 g/mol. The van der Waals surface area contributed by atoms with E-state index in [0.717, 1.165) is 4.47 Å². The number of ether oxygens (including phenoxy) is 1. The Labute approximate surface area is 139 Å². The molecule has 0 aliphatic carbocycles. The molecule has 23 heavy (non-hydrogen) atoms. The Balaban J connectivity index is 1.72. The van der Waals surface area contributed by atoms with Crippen LogP contribution in [-0.2, 0) is 6.61 Å².